The van der Waals surface area contributed by atoms with E-state index in [2.05, 4.69) is 20.5 Å². The smallest absolute Gasteiger partial charge is 0.271 e. The van der Waals surface area contributed by atoms with Gasteiger partial charge in [0.1, 0.15) is 5.82 Å². The number of aromatic nitrogens is 2. The molecule has 0 bridgehead atoms. The minimum absolute atomic E-state index is 0.0340. The number of rotatable bonds is 6. The van der Waals surface area contributed by atoms with Gasteiger partial charge in [0.2, 0.25) is 0 Å². The van der Waals surface area contributed by atoms with E-state index >= 15 is 0 Å². The van der Waals surface area contributed by atoms with Gasteiger partial charge in [-0.25, -0.2) is 10.4 Å². The standard InChI is InChI=1S/C23H19ClN4O3/c1-2-31-20-9-5-6-15(21(20)29)13-25-28-23(30)14-10-11-18-19(12-14)27-22(26-18)16-7-3-4-8-17(16)24/h3-13,29H,2H2,1H3,(H,26,27)(H,28,30)/b25-13+. The number of halogens is 1. The van der Waals surface area contributed by atoms with Crippen molar-refractivity contribution in [2.75, 3.05) is 6.61 Å². The van der Waals surface area contributed by atoms with E-state index in [-0.39, 0.29) is 5.75 Å². The molecule has 7 nitrogen and oxygen atoms in total. The second-order valence-corrected chi connectivity index (χ2v) is 7.03. The van der Waals surface area contributed by atoms with E-state index in [1.54, 1.807) is 42.5 Å². The third-order valence-electron chi connectivity index (χ3n) is 4.57. The molecular formula is C23H19ClN4O3. The Hall–Kier alpha value is -3.84. The number of amides is 1. The summed E-state index contributed by atoms with van der Waals surface area (Å²) in [6, 6.07) is 17.6. The average molecular weight is 435 g/mol. The second kappa shape index (κ2) is 8.89. The molecule has 3 N–H and O–H groups in total. The van der Waals surface area contributed by atoms with Gasteiger partial charge >= 0.3 is 0 Å². The Labute approximate surface area is 183 Å². The van der Waals surface area contributed by atoms with Crippen molar-refractivity contribution in [2.45, 2.75) is 6.92 Å². The van der Waals surface area contributed by atoms with Crippen LogP contribution in [0.25, 0.3) is 22.4 Å². The molecule has 1 amide bonds. The van der Waals surface area contributed by atoms with Crippen LogP contribution in [0.5, 0.6) is 11.5 Å². The van der Waals surface area contributed by atoms with Crippen molar-refractivity contribution in [2.24, 2.45) is 5.10 Å². The van der Waals surface area contributed by atoms with Gasteiger partial charge in [-0.1, -0.05) is 29.8 Å². The lowest BCUT2D eigenvalue weighted by Gasteiger charge is -2.07. The van der Waals surface area contributed by atoms with Crippen LogP contribution >= 0.6 is 11.6 Å². The van der Waals surface area contributed by atoms with Crippen molar-refractivity contribution >= 4 is 34.8 Å². The first-order chi connectivity index (χ1) is 15.1. The number of H-pyrrole nitrogens is 1. The summed E-state index contributed by atoms with van der Waals surface area (Å²) < 4.78 is 5.34. The van der Waals surface area contributed by atoms with Crippen LogP contribution in [0.3, 0.4) is 0 Å². The minimum Gasteiger partial charge on any atom is -0.504 e. The summed E-state index contributed by atoms with van der Waals surface area (Å²) in [6.45, 7) is 2.26. The molecule has 4 aromatic rings. The zero-order valence-corrected chi connectivity index (χ0v) is 17.3. The topological polar surface area (TPSA) is 99.6 Å². The maximum atomic E-state index is 12.5. The third-order valence-corrected chi connectivity index (χ3v) is 4.90. The van der Waals surface area contributed by atoms with Gasteiger partial charge in [0.05, 0.1) is 28.9 Å². The fourth-order valence-corrected chi connectivity index (χ4v) is 3.30. The monoisotopic (exact) mass is 434 g/mol. The van der Waals surface area contributed by atoms with Crippen LogP contribution in [-0.2, 0) is 0 Å². The first-order valence-electron chi connectivity index (χ1n) is 9.59. The zero-order chi connectivity index (χ0) is 21.8. The number of nitrogens with zero attached hydrogens (tertiary/aromatic N) is 2. The first-order valence-corrected chi connectivity index (χ1v) is 9.97. The molecule has 4 rings (SSSR count). The third kappa shape index (κ3) is 4.36. The highest BCUT2D eigenvalue weighted by atomic mass is 35.5. The normalized spacial score (nSPS) is 11.2. The molecule has 1 heterocycles. The fourth-order valence-electron chi connectivity index (χ4n) is 3.07. The van der Waals surface area contributed by atoms with Gasteiger partial charge in [-0.15, -0.1) is 0 Å². The van der Waals surface area contributed by atoms with E-state index < -0.39 is 5.91 Å². The molecule has 8 heteroatoms. The number of hydrogen-bond acceptors (Lipinski definition) is 5. The van der Waals surface area contributed by atoms with Crippen LogP contribution in [-0.4, -0.2) is 33.8 Å². The number of fused-ring (bicyclic) bond motifs is 1. The van der Waals surface area contributed by atoms with Gasteiger partial charge in [0.25, 0.3) is 5.91 Å². The molecule has 0 aliphatic heterocycles. The van der Waals surface area contributed by atoms with Crippen molar-refractivity contribution in [3.8, 4) is 22.9 Å². The van der Waals surface area contributed by atoms with Gasteiger partial charge in [0, 0.05) is 16.7 Å². The van der Waals surface area contributed by atoms with Crippen LogP contribution in [0, 0.1) is 0 Å². The number of hydrazone groups is 1. The van der Waals surface area contributed by atoms with Gasteiger partial charge in [-0.3, -0.25) is 4.79 Å². The molecule has 0 aliphatic rings. The Morgan fingerprint density at radius 3 is 2.87 bits per heavy atom. The summed E-state index contributed by atoms with van der Waals surface area (Å²) in [7, 11) is 0. The first kappa shape index (κ1) is 20.4. The summed E-state index contributed by atoms with van der Waals surface area (Å²) in [6.07, 6.45) is 1.36. The van der Waals surface area contributed by atoms with Crippen molar-refractivity contribution in [3.05, 3.63) is 76.8 Å². The van der Waals surface area contributed by atoms with Gasteiger partial charge in [-0.2, -0.15) is 5.10 Å². The molecule has 0 unspecified atom stereocenters. The Balaban J connectivity index is 1.51. The number of carbonyl (C=O) groups excluding carboxylic acids is 1. The van der Waals surface area contributed by atoms with E-state index in [0.29, 0.717) is 45.4 Å². The number of aromatic amines is 1. The van der Waals surface area contributed by atoms with E-state index in [9.17, 15) is 9.90 Å². The molecule has 31 heavy (non-hydrogen) atoms. The largest absolute Gasteiger partial charge is 0.504 e. The van der Waals surface area contributed by atoms with Gasteiger partial charge in [0.15, 0.2) is 11.5 Å². The Bertz CT molecular complexity index is 1280. The predicted molar refractivity (Wildman–Crippen MR) is 121 cm³/mol. The lowest BCUT2D eigenvalue weighted by Crippen LogP contribution is -2.17. The van der Waals surface area contributed by atoms with Crippen molar-refractivity contribution in [1.29, 1.82) is 0 Å². The van der Waals surface area contributed by atoms with Crippen LogP contribution in [0.4, 0.5) is 0 Å². The number of phenolic OH excluding ortho intramolecular Hbond substituents is 1. The van der Waals surface area contributed by atoms with Crippen LogP contribution in [0.15, 0.2) is 65.8 Å². The number of aromatic hydroxyl groups is 1. The van der Waals surface area contributed by atoms with Gasteiger partial charge in [-0.05, 0) is 49.4 Å². The molecule has 0 saturated carbocycles. The van der Waals surface area contributed by atoms with Crippen molar-refractivity contribution < 1.29 is 14.6 Å². The Morgan fingerprint density at radius 1 is 1.23 bits per heavy atom. The number of para-hydroxylation sites is 1. The Kier molecular flexibility index (Phi) is 5.86. The molecule has 1 aromatic heterocycles. The zero-order valence-electron chi connectivity index (χ0n) is 16.6. The SMILES string of the molecule is CCOc1cccc(/C=N/NC(=O)c2ccc3nc(-c4ccccc4Cl)[nH]c3c2)c1O. The quantitative estimate of drug-likeness (QED) is 0.301. The number of ether oxygens (including phenoxy) is 1. The Morgan fingerprint density at radius 2 is 2.06 bits per heavy atom. The summed E-state index contributed by atoms with van der Waals surface area (Å²) in [5, 5.41) is 14.7. The molecule has 156 valence electrons. The molecule has 0 fully saturated rings. The van der Waals surface area contributed by atoms with E-state index in [4.69, 9.17) is 16.3 Å². The number of nitrogens with one attached hydrogen (secondary N) is 2. The molecule has 0 saturated heterocycles. The maximum absolute atomic E-state index is 12.5. The lowest BCUT2D eigenvalue weighted by molar-refractivity contribution is 0.0955. The summed E-state index contributed by atoms with van der Waals surface area (Å²) in [4.78, 5) is 20.2. The minimum atomic E-state index is -0.396. The van der Waals surface area contributed by atoms with Crippen LogP contribution < -0.4 is 10.2 Å². The van der Waals surface area contributed by atoms with Crippen molar-refractivity contribution in [1.82, 2.24) is 15.4 Å². The number of phenols is 1. The summed E-state index contributed by atoms with van der Waals surface area (Å²) >= 11 is 6.25. The molecule has 0 atom stereocenters. The number of carbonyl (C=O) groups is 1. The van der Waals surface area contributed by atoms with Gasteiger partial charge < -0.3 is 14.8 Å². The van der Waals surface area contributed by atoms with Crippen molar-refractivity contribution in [3.63, 3.8) is 0 Å². The molecular weight excluding hydrogens is 416 g/mol. The highest BCUT2D eigenvalue weighted by Crippen LogP contribution is 2.29. The van der Waals surface area contributed by atoms with Crippen LogP contribution in [0.1, 0.15) is 22.8 Å². The average Bonchev–Trinajstić information content (AvgIpc) is 3.19. The highest BCUT2D eigenvalue weighted by molar-refractivity contribution is 6.33. The second-order valence-electron chi connectivity index (χ2n) is 6.62. The summed E-state index contributed by atoms with van der Waals surface area (Å²) in [5.74, 6) is 0.554. The van der Waals surface area contributed by atoms with E-state index in [1.165, 1.54) is 6.21 Å². The highest BCUT2D eigenvalue weighted by Gasteiger charge is 2.12. The van der Waals surface area contributed by atoms with E-state index in [1.807, 2.05) is 25.1 Å². The molecule has 0 radical (unpaired) electrons. The molecule has 3 aromatic carbocycles. The number of hydrogen-bond donors (Lipinski definition) is 3. The maximum Gasteiger partial charge on any atom is 0.271 e. The number of imidazole rings is 1. The van der Waals surface area contributed by atoms with E-state index in [0.717, 1.165) is 5.56 Å². The number of benzene rings is 3. The summed E-state index contributed by atoms with van der Waals surface area (Å²) in [5.41, 5.74) is 5.50. The van der Waals surface area contributed by atoms with Crippen LogP contribution in [0.2, 0.25) is 5.02 Å². The fraction of sp³-hybridized carbons (Fsp3) is 0.0870. The molecule has 0 aliphatic carbocycles. The lowest BCUT2D eigenvalue weighted by atomic mass is 10.2. The molecule has 0 spiro atoms. The predicted octanol–water partition coefficient (Wildman–Crippen LogP) is 4.75.